The van der Waals surface area contributed by atoms with Crippen molar-refractivity contribution in [1.82, 2.24) is 10.6 Å². The summed E-state index contributed by atoms with van der Waals surface area (Å²) < 4.78 is 0. The van der Waals surface area contributed by atoms with Crippen molar-refractivity contribution in [2.45, 2.75) is 58.5 Å². The SMILES string of the molecule is CC[C@@H](C)C(NC(=O)c1cc(N)ccc1N)C(=O)N[C@@H](CCCCN)C(=O)Nc1cc(C(N)=O)ccc1C. The molecule has 0 saturated carbocycles. The quantitative estimate of drug-likeness (QED) is 0.152. The van der Waals surface area contributed by atoms with Gasteiger partial charge in [0.1, 0.15) is 12.1 Å². The summed E-state index contributed by atoms with van der Waals surface area (Å²) in [6.45, 7) is 5.94. The van der Waals surface area contributed by atoms with E-state index in [1.54, 1.807) is 25.1 Å². The average Bonchev–Trinajstić information content (AvgIpc) is 2.88. The van der Waals surface area contributed by atoms with Crippen LogP contribution in [0.15, 0.2) is 36.4 Å². The second-order valence-corrected chi connectivity index (χ2v) is 9.41. The highest BCUT2D eigenvalue weighted by atomic mass is 16.2. The Kier molecular flexibility index (Phi) is 11.1. The standard InChI is InChI=1S/C27H39N7O4/c1-4-15(2)23(34-25(36)19-14-18(29)10-11-20(19)30)27(38)32-21(7-5-6-12-28)26(37)33-22-13-17(24(31)35)9-8-16(22)3/h8-11,13-15,21,23H,4-7,12,28-30H2,1-3H3,(H2,31,35)(H,32,38)(H,33,37)(H,34,36)/t15-,21+,23?/m1/s1. The zero-order valence-electron chi connectivity index (χ0n) is 22.2. The maximum Gasteiger partial charge on any atom is 0.254 e. The summed E-state index contributed by atoms with van der Waals surface area (Å²) >= 11 is 0. The van der Waals surface area contributed by atoms with Crippen LogP contribution >= 0.6 is 0 Å². The Bertz CT molecular complexity index is 1170. The number of rotatable bonds is 13. The fourth-order valence-corrected chi connectivity index (χ4v) is 3.84. The summed E-state index contributed by atoms with van der Waals surface area (Å²) in [5.41, 5.74) is 24.9. The molecule has 38 heavy (non-hydrogen) atoms. The van der Waals surface area contributed by atoms with Crippen molar-refractivity contribution < 1.29 is 19.2 Å². The van der Waals surface area contributed by atoms with Gasteiger partial charge in [0.2, 0.25) is 17.7 Å². The molecule has 3 atom stereocenters. The summed E-state index contributed by atoms with van der Waals surface area (Å²) in [5, 5.41) is 8.34. The van der Waals surface area contributed by atoms with Crippen LogP contribution < -0.4 is 38.9 Å². The number of carbonyl (C=O) groups is 4. The zero-order chi connectivity index (χ0) is 28.4. The van der Waals surface area contributed by atoms with E-state index < -0.39 is 35.7 Å². The topological polar surface area (TPSA) is 208 Å². The number of nitrogen functional groups attached to an aromatic ring is 2. The first-order chi connectivity index (χ1) is 18.0. The lowest BCUT2D eigenvalue weighted by Crippen LogP contribution is -2.55. The van der Waals surface area contributed by atoms with Crippen molar-refractivity contribution in [2.75, 3.05) is 23.3 Å². The van der Waals surface area contributed by atoms with Crippen LogP contribution in [0.25, 0.3) is 0 Å². The van der Waals surface area contributed by atoms with Crippen LogP contribution in [0.2, 0.25) is 0 Å². The first-order valence-electron chi connectivity index (χ1n) is 12.7. The van der Waals surface area contributed by atoms with E-state index in [-0.39, 0.29) is 22.7 Å². The first-order valence-corrected chi connectivity index (χ1v) is 12.7. The minimum absolute atomic E-state index is 0.160. The van der Waals surface area contributed by atoms with E-state index in [0.29, 0.717) is 43.6 Å². The monoisotopic (exact) mass is 525 g/mol. The zero-order valence-corrected chi connectivity index (χ0v) is 22.2. The lowest BCUT2D eigenvalue weighted by Gasteiger charge is -2.27. The van der Waals surface area contributed by atoms with Gasteiger partial charge in [0.25, 0.3) is 5.91 Å². The number of anilines is 3. The summed E-state index contributed by atoms with van der Waals surface area (Å²) in [6, 6.07) is 7.44. The Balaban J connectivity index is 2.26. The number of nitrogens with one attached hydrogen (secondary N) is 3. The van der Waals surface area contributed by atoms with E-state index in [2.05, 4.69) is 16.0 Å². The van der Waals surface area contributed by atoms with Crippen LogP contribution in [0.3, 0.4) is 0 Å². The molecule has 11 heteroatoms. The molecule has 11 N–H and O–H groups in total. The maximum absolute atomic E-state index is 13.4. The third-order valence-electron chi connectivity index (χ3n) is 6.46. The normalized spacial score (nSPS) is 13.2. The molecule has 11 nitrogen and oxygen atoms in total. The van der Waals surface area contributed by atoms with Crippen LogP contribution in [-0.4, -0.2) is 42.3 Å². The Morgan fingerprint density at radius 3 is 2.29 bits per heavy atom. The van der Waals surface area contributed by atoms with Crippen LogP contribution in [-0.2, 0) is 9.59 Å². The van der Waals surface area contributed by atoms with Gasteiger partial charge >= 0.3 is 0 Å². The molecule has 4 amide bonds. The number of hydrogen-bond donors (Lipinski definition) is 7. The molecule has 0 aliphatic rings. The van der Waals surface area contributed by atoms with E-state index in [9.17, 15) is 19.2 Å². The van der Waals surface area contributed by atoms with Crippen LogP contribution in [0.5, 0.6) is 0 Å². The minimum Gasteiger partial charge on any atom is -0.399 e. The van der Waals surface area contributed by atoms with E-state index in [4.69, 9.17) is 22.9 Å². The molecule has 0 aliphatic heterocycles. The molecular formula is C27H39N7O4. The largest absolute Gasteiger partial charge is 0.399 e. The molecule has 2 aromatic rings. The molecule has 0 aliphatic carbocycles. The van der Waals surface area contributed by atoms with Crippen molar-refractivity contribution in [1.29, 1.82) is 0 Å². The molecule has 0 saturated heterocycles. The highest BCUT2D eigenvalue weighted by molar-refractivity contribution is 6.03. The molecule has 0 aromatic heterocycles. The van der Waals surface area contributed by atoms with Crippen LogP contribution in [0.4, 0.5) is 17.1 Å². The number of aryl methyl sites for hydroxylation is 1. The van der Waals surface area contributed by atoms with E-state index >= 15 is 0 Å². The molecule has 1 unspecified atom stereocenters. The Labute approximate surface area is 223 Å². The molecule has 2 aromatic carbocycles. The lowest BCUT2D eigenvalue weighted by molar-refractivity contribution is -0.128. The maximum atomic E-state index is 13.4. The van der Waals surface area contributed by atoms with Crippen molar-refractivity contribution in [3.05, 3.63) is 53.1 Å². The van der Waals surface area contributed by atoms with Crippen molar-refractivity contribution >= 4 is 40.7 Å². The third-order valence-corrected chi connectivity index (χ3v) is 6.46. The second-order valence-electron chi connectivity index (χ2n) is 9.41. The van der Waals surface area contributed by atoms with Gasteiger partial charge in [0.05, 0.1) is 5.56 Å². The molecule has 2 rings (SSSR count). The van der Waals surface area contributed by atoms with Gasteiger partial charge in [-0.3, -0.25) is 19.2 Å². The molecule has 0 heterocycles. The third kappa shape index (κ3) is 8.20. The Morgan fingerprint density at radius 2 is 1.66 bits per heavy atom. The first kappa shape index (κ1) is 30.1. The average molecular weight is 526 g/mol. The fourth-order valence-electron chi connectivity index (χ4n) is 3.84. The smallest absolute Gasteiger partial charge is 0.254 e. The van der Waals surface area contributed by atoms with Crippen LogP contribution in [0.1, 0.15) is 65.8 Å². The van der Waals surface area contributed by atoms with Gasteiger partial charge in [-0.2, -0.15) is 0 Å². The van der Waals surface area contributed by atoms with Crippen molar-refractivity contribution in [3.8, 4) is 0 Å². The van der Waals surface area contributed by atoms with Gasteiger partial charge in [-0.1, -0.05) is 26.3 Å². The van der Waals surface area contributed by atoms with Gasteiger partial charge in [0, 0.05) is 22.6 Å². The molecule has 0 spiro atoms. The van der Waals surface area contributed by atoms with Gasteiger partial charge in [-0.25, -0.2) is 0 Å². The van der Waals surface area contributed by atoms with E-state index in [1.165, 1.54) is 18.2 Å². The van der Waals surface area contributed by atoms with Gasteiger partial charge < -0.3 is 38.9 Å². The van der Waals surface area contributed by atoms with E-state index in [1.807, 2.05) is 13.8 Å². The summed E-state index contributed by atoms with van der Waals surface area (Å²) in [7, 11) is 0. The fraction of sp³-hybridized carbons (Fsp3) is 0.407. The predicted octanol–water partition coefficient (Wildman–Crippen LogP) is 1.66. The van der Waals surface area contributed by atoms with Gasteiger partial charge in [0.15, 0.2) is 0 Å². The van der Waals surface area contributed by atoms with Crippen molar-refractivity contribution in [2.24, 2.45) is 17.4 Å². The second kappa shape index (κ2) is 14.0. The van der Waals surface area contributed by atoms with Gasteiger partial charge in [-0.15, -0.1) is 0 Å². The van der Waals surface area contributed by atoms with Crippen molar-refractivity contribution in [3.63, 3.8) is 0 Å². The summed E-state index contributed by atoms with van der Waals surface area (Å²) in [4.78, 5) is 51.3. The number of unbranched alkanes of at least 4 members (excludes halogenated alkanes) is 1. The number of carbonyl (C=O) groups excluding carboxylic acids is 4. The van der Waals surface area contributed by atoms with Crippen LogP contribution in [0, 0.1) is 12.8 Å². The minimum atomic E-state index is -0.932. The molecule has 0 radical (unpaired) electrons. The van der Waals surface area contributed by atoms with Gasteiger partial charge in [-0.05, 0) is 74.5 Å². The molecule has 0 bridgehead atoms. The summed E-state index contributed by atoms with van der Waals surface area (Å²) in [6.07, 6.45) is 2.17. The number of hydrogen-bond acceptors (Lipinski definition) is 7. The molecule has 206 valence electrons. The number of amides is 4. The number of nitrogens with two attached hydrogens (primary N) is 4. The number of primary amides is 1. The predicted molar refractivity (Wildman–Crippen MR) is 149 cm³/mol. The molecular weight excluding hydrogens is 486 g/mol. The Morgan fingerprint density at radius 1 is 0.947 bits per heavy atom. The van der Waals surface area contributed by atoms with E-state index in [0.717, 1.165) is 5.56 Å². The Hall–Kier alpha value is -4.12. The summed E-state index contributed by atoms with van der Waals surface area (Å²) in [5.74, 6) is -2.39. The number of benzene rings is 2. The highest BCUT2D eigenvalue weighted by Crippen LogP contribution is 2.19. The lowest BCUT2D eigenvalue weighted by atomic mass is 9.96. The molecule has 0 fully saturated rings. The highest BCUT2D eigenvalue weighted by Gasteiger charge is 2.30.